The second-order valence-electron chi connectivity index (χ2n) is 9.36. The van der Waals surface area contributed by atoms with Gasteiger partial charge in [-0.25, -0.2) is 4.79 Å². The maximum atomic E-state index is 13.4. The van der Waals surface area contributed by atoms with Gasteiger partial charge in [0, 0.05) is 34.0 Å². The number of non-ortho nitro benzene ring substituents is 1. The van der Waals surface area contributed by atoms with Crippen molar-refractivity contribution >= 4 is 68.9 Å². The Morgan fingerprint density at radius 2 is 1.57 bits per heavy atom. The van der Waals surface area contributed by atoms with Gasteiger partial charge in [-0.2, -0.15) is 0 Å². The summed E-state index contributed by atoms with van der Waals surface area (Å²) in [7, 11) is 1.23. The summed E-state index contributed by atoms with van der Waals surface area (Å²) in [5.74, 6) is -1.91. The molecule has 0 aliphatic heterocycles. The minimum absolute atomic E-state index is 0.111. The third-order valence-corrected chi connectivity index (χ3v) is 8.95. The van der Waals surface area contributed by atoms with Crippen LogP contribution in [0.2, 0.25) is 0 Å². The van der Waals surface area contributed by atoms with Crippen molar-refractivity contribution in [2.75, 3.05) is 23.1 Å². The number of carbonyl (C=O) groups is 4. The van der Waals surface area contributed by atoms with Crippen molar-refractivity contribution in [3.8, 4) is 0 Å². The van der Waals surface area contributed by atoms with Gasteiger partial charge in [-0.05, 0) is 61.4 Å². The number of esters is 1. The summed E-state index contributed by atoms with van der Waals surface area (Å²) in [6.45, 7) is 3.47. The van der Waals surface area contributed by atoms with Crippen molar-refractivity contribution in [3.63, 3.8) is 0 Å². The SMILES string of the molecule is CCC(Sc1cccc(NC(=O)c2ccc([N+](=O)[O-])cc2)c1)C(=O)Nc1sc(C(=O)Nc2ccccc2)c(C)c1C(=O)OC. The second-order valence-corrected chi connectivity index (χ2v) is 11.7. The Morgan fingerprint density at radius 3 is 2.20 bits per heavy atom. The Bertz CT molecular complexity index is 1710. The van der Waals surface area contributed by atoms with Gasteiger partial charge in [-0.3, -0.25) is 24.5 Å². The standard InChI is InChI=1S/C31H28N4O7S2/c1-4-24(43-23-12-8-11-21(17-23)33-27(36)19-13-15-22(16-14-19)35(40)41)28(37)34-30-25(31(39)42-3)18(2)26(44-30)29(38)32-20-9-6-5-7-10-20/h5-17,24H,4H2,1-3H3,(H,32,38)(H,33,36)(H,34,37). The highest BCUT2D eigenvalue weighted by Crippen LogP contribution is 2.36. The van der Waals surface area contributed by atoms with Crippen molar-refractivity contribution in [2.45, 2.75) is 30.4 Å². The van der Waals surface area contributed by atoms with Gasteiger partial charge < -0.3 is 20.7 Å². The first kappa shape index (κ1) is 31.9. The van der Waals surface area contributed by atoms with Gasteiger partial charge in [0.1, 0.15) is 5.00 Å². The Labute approximate surface area is 261 Å². The molecule has 0 bridgehead atoms. The molecule has 0 aliphatic carbocycles. The number of rotatable bonds is 11. The van der Waals surface area contributed by atoms with Crippen molar-refractivity contribution in [1.82, 2.24) is 0 Å². The molecule has 0 saturated carbocycles. The number of thiophene rings is 1. The number of nitrogens with zero attached hydrogens (tertiary/aromatic N) is 1. The van der Waals surface area contributed by atoms with E-state index in [1.54, 1.807) is 55.5 Å². The van der Waals surface area contributed by atoms with Crippen molar-refractivity contribution in [1.29, 1.82) is 0 Å². The van der Waals surface area contributed by atoms with Crippen LogP contribution in [-0.2, 0) is 9.53 Å². The van der Waals surface area contributed by atoms with Crippen LogP contribution in [0.3, 0.4) is 0 Å². The van der Waals surface area contributed by atoms with E-state index >= 15 is 0 Å². The van der Waals surface area contributed by atoms with Crippen molar-refractivity contribution in [2.24, 2.45) is 0 Å². The summed E-state index contributed by atoms with van der Waals surface area (Å²) in [6.07, 6.45) is 0.440. The fourth-order valence-electron chi connectivity index (χ4n) is 4.14. The number of para-hydroxylation sites is 1. The molecule has 226 valence electrons. The Morgan fingerprint density at radius 1 is 0.909 bits per heavy atom. The molecular formula is C31H28N4O7S2. The predicted octanol–water partition coefficient (Wildman–Crippen LogP) is 6.77. The van der Waals surface area contributed by atoms with Crippen LogP contribution in [0.4, 0.5) is 22.1 Å². The molecule has 13 heteroatoms. The van der Waals surface area contributed by atoms with E-state index in [1.165, 1.54) is 43.1 Å². The average Bonchev–Trinajstić information content (AvgIpc) is 3.35. The maximum Gasteiger partial charge on any atom is 0.341 e. The van der Waals surface area contributed by atoms with Gasteiger partial charge in [0.25, 0.3) is 17.5 Å². The third-order valence-electron chi connectivity index (χ3n) is 6.38. The van der Waals surface area contributed by atoms with Gasteiger partial charge in [0.15, 0.2) is 0 Å². The fraction of sp³-hybridized carbons (Fsp3) is 0.161. The normalized spacial score (nSPS) is 11.2. The van der Waals surface area contributed by atoms with E-state index in [-0.39, 0.29) is 32.6 Å². The number of ether oxygens (including phenoxy) is 1. The van der Waals surface area contributed by atoms with Crippen LogP contribution in [0.5, 0.6) is 0 Å². The maximum absolute atomic E-state index is 13.4. The molecule has 0 spiro atoms. The molecule has 1 atom stereocenters. The van der Waals surface area contributed by atoms with Crippen LogP contribution >= 0.6 is 23.1 Å². The number of benzene rings is 3. The number of nitro benzene ring substituents is 1. The summed E-state index contributed by atoms with van der Waals surface area (Å²) in [5.41, 5.74) is 1.70. The highest BCUT2D eigenvalue weighted by molar-refractivity contribution is 8.00. The Kier molecular flexibility index (Phi) is 10.5. The molecule has 3 N–H and O–H groups in total. The quantitative estimate of drug-likeness (QED) is 0.0708. The molecule has 1 unspecified atom stereocenters. The highest BCUT2D eigenvalue weighted by atomic mass is 32.2. The number of amides is 3. The number of methoxy groups -OCH3 is 1. The van der Waals surface area contributed by atoms with Crippen LogP contribution in [0.15, 0.2) is 83.8 Å². The van der Waals surface area contributed by atoms with E-state index in [0.717, 1.165) is 11.3 Å². The molecule has 44 heavy (non-hydrogen) atoms. The summed E-state index contributed by atoms with van der Waals surface area (Å²) < 4.78 is 4.94. The highest BCUT2D eigenvalue weighted by Gasteiger charge is 2.28. The minimum atomic E-state index is -0.676. The van der Waals surface area contributed by atoms with E-state index in [2.05, 4.69) is 16.0 Å². The topological polar surface area (TPSA) is 157 Å². The lowest BCUT2D eigenvalue weighted by Crippen LogP contribution is -2.25. The second kappa shape index (κ2) is 14.4. The van der Waals surface area contributed by atoms with E-state index in [0.29, 0.717) is 28.3 Å². The molecule has 3 amide bonds. The predicted molar refractivity (Wildman–Crippen MR) is 171 cm³/mol. The monoisotopic (exact) mass is 632 g/mol. The molecule has 3 aromatic carbocycles. The van der Waals surface area contributed by atoms with Gasteiger partial charge >= 0.3 is 5.97 Å². The van der Waals surface area contributed by atoms with E-state index < -0.39 is 28.0 Å². The van der Waals surface area contributed by atoms with Crippen molar-refractivity contribution in [3.05, 3.63) is 111 Å². The summed E-state index contributed by atoms with van der Waals surface area (Å²) in [5, 5.41) is 18.9. The number of hydrogen-bond donors (Lipinski definition) is 3. The van der Waals surface area contributed by atoms with Crippen LogP contribution in [0.1, 0.15) is 49.3 Å². The lowest BCUT2D eigenvalue weighted by Gasteiger charge is -2.15. The third kappa shape index (κ3) is 7.68. The first-order chi connectivity index (χ1) is 21.1. The van der Waals surface area contributed by atoms with Gasteiger partial charge in [0.2, 0.25) is 5.91 Å². The van der Waals surface area contributed by atoms with Crippen LogP contribution in [0.25, 0.3) is 0 Å². The van der Waals surface area contributed by atoms with Crippen LogP contribution < -0.4 is 16.0 Å². The van der Waals surface area contributed by atoms with Gasteiger partial charge in [0.05, 0.1) is 27.7 Å². The van der Waals surface area contributed by atoms with Gasteiger partial charge in [-0.15, -0.1) is 23.1 Å². The lowest BCUT2D eigenvalue weighted by atomic mass is 10.1. The Hall–Kier alpha value is -5.01. The van der Waals surface area contributed by atoms with Crippen LogP contribution in [0, 0.1) is 17.0 Å². The zero-order chi connectivity index (χ0) is 31.8. The van der Waals surface area contributed by atoms with E-state index in [1.807, 2.05) is 13.0 Å². The largest absolute Gasteiger partial charge is 0.465 e. The molecule has 1 heterocycles. The fourth-order valence-corrected chi connectivity index (χ4v) is 6.25. The number of anilines is 3. The average molecular weight is 633 g/mol. The summed E-state index contributed by atoms with van der Waals surface area (Å²) in [4.78, 5) is 63.1. The molecular weight excluding hydrogens is 604 g/mol. The molecule has 1 aromatic heterocycles. The van der Waals surface area contributed by atoms with E-state index in [9.17, 15) is 29.3 Å². The zero-order valence-electron chi connectivity index (χ0n) is 23.9. The molecule has 0 fully saturated rings. The Balaban J connectivity index is 1.48. The van der Waals surface area contributed by atoms with Gasteiger partial charge in [-0.1, -0.05) is 31.2 Å². The number of nitro groups is 1. The molecule has 11 nitrogen and oxygen atoms in total. The molecule has 0 radical (unpaired) electrons. The first-order valence-corrected chi connectivity index (χ1v) is 15.0. The van der Waals surface area contributed by atoms with Crippen LogP contribution in [-0.4, -0.2) is 41.0 Å². The lowest BCUT2D eigenvalue weighted by molar-refractivity contribution is -0.384. The van der Waals surface area contributed by atoms with E-state index in [4.69, 9.17) is 4.74 Å². The molecule has 0 saturated heterocycles. The smallest absolute Gasteiger partial charge is 0.341 e. The summed E-state index contributed by atoms with van der Waals surface area (Å²) >= 11 is 2.26. The minimum Gasteiger partial charge on any atom is -0.465 e. The number of hydrogen-bond acceptors (Lipinski definition) is 9. The number of carbonyl (C=O) groups excluding carboxylic acids is 4. The number of nitrogens with one attached hydrogen (secondary N) is 3. The zero-order valence-corrected chi connectivity index (χ0v) is 25.5. The first-order valence-electron chi connectivity index (χ1n) is 13.3. The molecule has 4 aromatic rings. The summed E-state index contributed by atoms with van der Waals surface area (Å²) in [6, 6.07) is 21.1. The molecule has 0 aliphatic rings. The van der Waals surface area contributed by atoms with Crippen molar-refractivity contribution < 1.29 is 28.8 Å². The molecule has 4 rings (SSSR count). The number of thioether (sulfide) groups is 1.